The van der Waals surface area contributed by atoms with E-state index in [1.807, 2.05) is 91.0 Å². The minimum atomic E-state index is 0.610. The lowest BCUT2D eigenvalue weighted by molar-refractivity contribution is 0.326. The average molecular weight is 422 g/mol. The van der Waals surface area contributed by atoms with Crippen molar-refractivity contribution in [3.63, 3.8) is 0 Å². The van der Waals surface area contributed by atoms with Gasteiger partial charge in [-0.2, -0.15) is 0 Å². The highest BCUT2D eigenvalue weighted by atomic mass is 16.5. The molecule has 0 aliphatic carbocycles. The smallest absolute Gasteiger partial charge is 0.138 e. The summed E-state index contributed by atoms with van der Waals surface area (Å²) < 4.78 is 5.93. The van der Waals surface area contributed by atoms with E-state index in [9.17, 15) is 0 Å². The maximum Gasteiger partial charge on any atom is 0.138 e. The summed E-state index contributed by atoms with van der Waals surface area (Å²) in [7, 11) is 2.07. The highest BCUT2D eigenvalue weighted by Gasteiger charge is 2.05. The molecule has 32 heavy (non-hydrogen) atoms. The molecule has 4 heteroatoms. The first-order chi connectivity index (χ1) is 15.8. The van der Waals surface area contributed by atoms with Crippen LogP contribution in [0.3, 0.4) is 0 Å². The largest absolute Gasteiger partial charge is 0.492 e. The van der Waals surface area contributed by atoms with Crippen LogP contribution in [-0.2, 0) is 0 Å². The maximum atomic E-state index is 5.93. The van der Waals surface area contributed by atoms with Gasteiger partial charge < -0.3 is 15.0 Å². The molecule has 0 radical (unpaired) electrons. The molecule has 0 saturated carbocycles. The van der Waals surface area contributed by atoms with Gasteiger partial charge in [-0.25, -0.2) is 4.99 Å². The SMILES string of the molecule is CN(CCOc1ccc(N=C(Nc2ccccc2)c2ccccc2)cc1)c1ccccc1. The third-order valence-electron chi connectivity index (χ3n) is 5.05. The van der Waals surface area contributed by atoms with Gasteiger partial charge in [-0.3, -0.25) is 0 Å². The third kappa shape index (κ3) is 5.99. The molecular weight excluding hydrogens is 394 g/mol. The van der Waals surface area contributed by atoms with Crippen LogP contribution in [0, 0.1) is 0 Å². The molecule has 0 aromatic heterocycles. The fourth-order valence-electron chi connectivity index (χ4n) is 3.28. The fraction of sp³-hybridized carbons (Fsp3) is 0.107. The Kier molecular flexibility index (Phi) is 7.17. The number of ether oxygens (including phenoxy) is 1. The molecule has 4 aromatic rings. The van der Waals surface area contributed by atoms with Gasteiger partial charge in [-0.15, -0.1) is 0 Å². The minimum absolute atomic E-state index is 0.610. The van der Waals surface area contributed by atoms with Crippen LogP contribution in [0.2, 0.25) is 0 Å². The minimum Gasteiger partial charge on any atom is -0.492 e. The van der Waals surface area contributed by atoms with Crippen LogP contribution in [-0.4, -0.2) is 26.0 Å². The molecule has 4 nitrogen and oxygen atoms in total. The zero-order valence-corrected chi connectivity index (χ0v) is 18.2. The predicted molar refractivity (Wildman–Crippen MR) is 134 cm³/mol. The van der Waals surface area contributed by atoms with Gasteiger partial charge >= 0.3 is 0 Å². The number of benzene rings is 4. The summed E-state index contributed by atoms with van der Waals surface area (Å²) >= 11 is 0. The first-order valence-electron chi connectivity index (χ1n) is 10.7. The van der Waals surface area contributed by atoms with Gasteiger partial charge in [0.15, 0.2) is 0 Å². The Morgan fingerprint density at radius 2 is 1.34 bits per heavy atom. The molecular formula is C28H27N3O. The number of hydrogen-bond donors (Lipinski definition) is 1. The van der Waals surface area contributed by atoms with Gasteiger partial charge in [-0.05, 0) is 48.5 Å². The quantitative estimate of drug-likeness (QED) is 0.264. The van der Waals surface area contributed by atoms with Crippen LogP contribution in [0.15, 0.2) is 120 Å². The lowest BCUT2D eigenvalue weighted by Crippen LogP contribution is -2.23. The Bertz CT molecular complexity index is 1110. The molecule has 0 aliphatic rings. The number of para-hydroxylation sites is 2. The van der Waals surface area contributed by atoms with Gasteiger partial charge in [0.2, 0.25) is 0 Å². The van der Waals surface area contributed by atoms with E-state index in [1.165, 1.54) is 5.69 Å². The fourth-order valence-corrected chi connectivity index (χ4v) is 3.28. The van der Waals surface area contributed by atoms with E-state index < -0.39 is 0 Å². The zero-order chi connectivity index (χ0) is 22.0. The van der Waals surface area contributed by atoms with Crippen molar-refractivity contribution >= 4 is 22.9 Å². The molecule has 0 atom stereocenters. The highest BCUT2D eigenvalue weighted by Crippen LogP contribution is 2.20. The molecule has 1 N–H and O–H groups in total. The van der Waals surface area contributed by atoms with Crippen molar-refractivity contribution in [3.8, 4) is 5.75 Å². The molecule has 4 aromatic carbocycles. The normalized spacial score (nSPS) is 11.1. The second-order valence-electron chi connectivity index (χ2n) is 7.42. The summed E-state index contributed by atoms with van der Waals surface area (Å²) in [5, 5.41) is 3.43. The molecule has 0 heterocycles. The standard InChI is InChI=1S/C28H27N3O/c1-31(26-15-9-4-10-16-26)21-22-32-27-19-17-25(18-20-27)30-28(23-11-5-2-6-12-23)29-24-13-7-3-8-14-24/h2-20H,21-22H2,1H3,(H,29,30). The van der Waals surface area contributed by atoms with Gasteiger partial charge in [0, 0.05) is 24.0 Å². The molecule has 0 bridgehead atoms. The van der Waals surface area contributed by atoms with Crippen molar-refractivity contribution < 1.29 is 4.74 Å². The number of amidine groups is 1. The number of rotatable bonds is 8. The number of nitrogens with one attached hydrogen (secondary N) is 1. The van der Waals surface area contributed by atoms with Crippen LogP contribution in [0.4, 0.5) is 17.1 Å². The van der Waals surface area contributed by atoms with E-state index in [-0.39, 0.29) is 0 Å². The van der Waals surface area contributed by atoms with Crippen LogP contribution >= 0.6 is 0 Å². The number of aliphatic imine (C=N–C) groups is 1. The van der Waals surface area contributed by atoms with Crippen LogP contribution in [0.1, 0.15) is 5.56 Å². The first-order valence-corrected chi connectivity index (χ1v) is 10.7. The highest BCUT2D eigenvalue weighted by molar-refractivity contribution is 6.09. The summed E-state index contributed by atoms with van der Waals surface area (Å²) in [5.74, 6) is 1.64. The number of nitrogens with zero attached hydrogens (tertiary/aromatic N) is 2. The lowest BCUT2D eigenvalue weighted by atomic mass is 10.2. The van der Waals surface area contributed by atoms with Crippen LogP contribution in [0.5, 0.6) is 5.75 Å². The molecule has 4 rings (SSSR count). The van der Waals surface area contributed by atoms with E-state index in [1.54, 1.807) is 0 Å². The summed E-state index contributed by atoms with van der Waals surface area (Å²) in [6, 6.07) is 38.4. The summed E-state index contributed by atoms with van der Waals surface area (Å²) in [6.45, 7) is 1.42. The van der Waals surface area contributed by atoms with Crippen molar-refractivity contribution in [2.75, 3.05) is 30.4 Å². The Balaban J connectivity index is 1.41. The van der Waals surface area contributed by atoms with E-state index >= 15 is 0 Å². The Labute approximate surface area is 189 Å². The van der Waals surface area contributed by atoms with Crippen molar-refractivity contribution in [2.24, 2.45) is 4.99 Å². The van der Waals surface area contributed by atoms with Crippen molar-refractivity contribution in [2.45, 2.75) is 0 Å². The molecule has 0 amide bonds. The molecule has 0 spiro atoms. The monoisotopic (exact) mass is 421 g/mol. The Morgan fingerprint density at radius 1 is 0.750 bits per heavy atom. The van der Waals surface area contributed by atoms with Gasteiger partial charge in [0.1, 0.15) is 18.2 Å². The van der Waals surface area contributed by atoms with E-state index in [2.05, 4.69) is 41.5 Å². The second-order valence-corrected chi connectivity index (χ2v) is 7.42. The average Bonchev–Trinajstić information content (AvgIpc) is 2.86. The van der Waals surface area contributed by atoms with Crippen molar-refractivity contribution in [1.82, 2.24) is 0 Å². The maximum absolute atomic E-state index is 5.93. The van der Waals surface area contributed by atoms with Crippen LogP contribution < -0.4 is 15.0 Å². The van der Waals surface area contributed by atoms with E-state index in [0.717, 1.165) is 35.1 Å². The predicted octanol–water partition coefficient (Wildman–Crippen LogP) is 6.39. The molecule has 0 saturated heterocycles. The van der Waals surface area contributed by atoms with E-state index in [4.69, 9.17) is 9.73 Å². The van der Waals surface area contributed by atoms with Crippen LogP contribution in [0.25, 0.3) is 0 Å². The second kappa shape index (κ2) is 10.8. The molecule has 0 fully saturated rings. The van der Waals surface area contributed by atoms with Gasteiger partial charge in [0.25, 0.3) is 0 Å². The van der Waals surface area contributed by atoms with Gasteiger partial charge in [-0.1, -0.05) is 66.7 Å². The number of likely N-dealkylation sites (N-methyl/N-ethyl adjacent to an activating group) is 1. The van der Waals surface area contributed by atoms with Crippen molar-refractivity contribution in [3.05, 3.63) is 121 Å². The number of anilines is 2. The molecule has 0 unspecified atom stereocenters. The first kappa shape index (κ1) is 21.2. The van der Waals surface area contributed by atoms with E-state index in [0.29, 0.717) is 6.61 Å². The number of hydrogen-bond acceptors (Lipinski definition) is 3. The lowest BCUT2D eigenvalue weighted by Gasteiger charge is -2.19. The Hall–Kier alpha value is -4.05. The molecule has 160 valence electrons. The third-order valence-corrected chi connectivity index (χ3v) is 5.05. The molecule has 0 aliphatic heterocycles. The van der Waals surface area contributed by atoms with Crippen molar-refractivity contribution in [1.29, 1.82) is 0 Å². The topological polar surface area (TPSA) is 36.9 Å². The summed E-state index contributed by atoms with van der Waals surface area (Å²) in [6.07, 6.45) is 0. The zero-order valence-electron chi connectivity index (χ0n) is 18.2. The summed E-state index contributed by atoms with van der Waals surface area (Å²) in [5.41, 5.74) is 4.07. The summed E-state index contributed by atoms with van der Waals surface area (Å²) in [4.78, 5) is 7.04. The van der Waals surface area contributed by atoms with Gasteiger partial charge in [0.05, 0.1) is 12.2 Å². The Morgan fingerprint density at radius 3 is 2.00 bits per heavy atom.